The lowest BCUT2D eigenvalue weighted by atomic mass is 10.2. The van der Waals surface area contributed by atoms with Gasteiger partial charge in [-0.15, -0.1) is 5.10 Å². The van der Waals surface area contributed by atoms with E-state index in [9.17, 15) is 0 Å². The summed E-state index contributed by atoms with van der Waals surface area (Å²) < 4.78 is 0. The van der Waals surface area contributed by atoms with Crippen molar-refractivity contribution >= 4 is 17.5 Å². The van der Waals surface area contributed by atoms with E-state index in [-0.39, 0.29) is 0 Å². The standard InChI is InChI=1S/C22H26N6/c1-2-26-13-15-27(16-14-26)22-24-21(17-23-25-22)28(20-11-7-4-8-12-20)18-19-9-5-3-6-10-19/h3-12,17H,2,13-16,18H2,1H3. The third-order valence-corrected chi connectivity index (χ3v) is 5.17. The van der Waals surface area contributed by atoms with Crippen molar-refractivity contribution in [3.05, 3.63) is 72.4 Å². The number of anilines is 3. The number of likely N-dealkylation sites (N-methyl/N-ethyl adjacent to an activating group) is 1. The van der Waals surface area contributed by atoms with Gasteiger partial charge in [-0.2, -0.15) is 10.1 Å². The van der Waals surface area contributed by atoms with Crippen molar-refractivity contribution in [3.63, 3.8) is 0 Å². The molecule has 2 heterocycles. The van der Waals surface area contributed by atoms with Crippen LogP contribution in [0.15, 0.2) is 66.9 Å². The first-order chi connectivity index (χ1) is 13.8. The Hall–Kier alpha value is -2.99. The van der Waals surface area contributed by atoms with Gasteiger partial charge in [0.2, 0.25) is 5.95 Å². The second kappa shape index (κ2) is 8.80. The molecule has 0 bridgehead atoms. The molecular formula is C22H26N6. The molecule has 1 aromatic heterocycles. The Morgan fingerprint density at radius 3 is 2.25 bits per heavy atom. The van der Waals surface area contributed by atoms with Crippen LogP contribution in [0.4, 0.5) is 17.5 Å². The molecule has 1 aliphatic heterocycles. The molecular weight excluding hydrogens is 348 g/mol. The maximum Gasteiger partial charge on any atom is 0.247 e. The molecule has 6 heteroatoms. The number of piperazine rings is 1. The van der Waals surface area contributed by atoms with Gasteiger partial charge in [0, 0.05) is 38.4 Å². The molecule has 28 heavy (non-hydrogen) atoms. The van der Waals surface area contributed by atoms with Gasteiger partial charge in [0.05, 0.1) is 6.20 Å². The summed E-state index contributed by atoms with van der Waals surface area (Å²) in [5.74, 6) is 1.53. The molecule has 0 aliphatic carbocycles. The van der Waals surface area contributed by atoms with E-state index in [0.717, 1.165) is 50.8 Å². The first kappa shape index (κ1) is 18.4. The molecule has 4 rings (SSSR count). The van der Waals surface area contributed by atoms with Crippen molar-refractivity contribution in [1.29, 1.82) is 0 Å². The molecule has 0 unspecified atom stereocenters. The maximum atomic E-state index is 4.88. The number of benzene rings is 2. The lowest BCUT2D eigenvalue weighted by Gasteiger charge is -2.34. The third-order valence-electron chi connectivity index (χ3n) is 5.17. The molecule has 0 atom stereocenters. The van der Waals surface area contributed by atoms with Gasteiger partial charge in [-0.1, -0.05) is 55.5 Å². The van der Waals surface area contributed by atoms with Crippen LogP contribution in [0.3, 0.4) is 0 Å². The van der Waals surface area contributed by atoms with Crippen LogP contribution in [0, 0.1) is 0 Å². The Kier molecular flexibility index (Phi) is 5.77. The highest BCUT2D eigenvalue weighted by Crippen LogP contribution is 2.26. The molecule has 0 N–H and O–H groups in total. The van der Waals surface area contributed by atoms with Gasteiger partial charge in [-0.3, -0.25) is 0 Å². The Bertz CT molecular complexity index is 862. The van der Waals surface area contributed by atoms with E-state index < -0.39 is 0 Å². The zero-order chi connectivity index (χ0) is 19.2. The number of hydrogen-bond acceptors (Lipinski definition) is 6. The summed E-state index contributed by atoms with van der Waals surface area (Å²) in [5.41, 5.74) is 2.32. The zero-order valence-electron chi connectivity index (χ0n) is 16.3. The van der Waals surface area contributed by atoms with E-state index in [1.807, 2.05) is 24.3 Å². The monoisotopic (exact) mass is 374 g/mol. The highest BCUT2D eigenvalue weighted by molar-refractivity contribution is 5.60. The summed E-state index contributed by atoms with van der Waals surface area (Å²) in [7, 11) is 0. The molecule has 144 valence electrons. The minimum Gasteiger partial charge on any atom is -0.337 e. The first-order valence-electron chi connectivity index (χ1n) is 9.87. The fraction of sp³-hybridized carbons (Fsp3) is 0.318. The first-order valence-corrected chi connectivity index (χ1v) is 9.87. The highest BCUT2D eigenvalue weighted by atomic mass is 15.4. The molecule has 1 fully saturated rings. The summed E-state index contributed by atoms with van der Waals surface area (Å²) in [6.45, 7) is 7.97. The number of hydrogen-bond donors (Lipinski definition) is 0. The third kappa shape index (κ3) is 4.28. The van der Waals surface area contributed by atoms with E-state index in [1.54, 1.807) is 6.20 Å². The average Bonchev–Trinajstić information content (AvgIpc) is 2.79. The topological polar surface area (TPSA) is 48.4 Å². The molecule has 0 amide bonds. The molecule has 0 spiro atoms. The lowest BCUT2D eigenvalue weighted by molar-refractivity contribution is 0.269. The summed E-state index contributed by atoms with van der Waals surface area (Å²) in [4.78, 5) is 11.7. The van der Waals surface area contributed by atoms with Crippen LogP contribution in [0.5, 0.6) is 0 Å². The van der Waals surface area contributed by atoms with Crippen LogP contribution in [0.2, 0.25) is 0 Å². The van der Waals surface area contributed by atoms with Crippen LogP contribution < -0.4 is 9.80 Å². The Balaban J connectivity index is 1.61. The van der Waals surface area contributed by atoms with E-state index in [1.165, 1.54) is 5.56 Å². The van der Waals surface area contributed by atoms with E-state index in [4.69, 9.17) is 4.98 Å². The van der Waals surface area contributed by atoms with E-state index >= 15 is 0 Å². The minimum absolute atomic E-state index is 0.710. The summed E-state index contributed by atoms with van der Waals surface area (Å²) in [5, 5.41) is 8.59. The summed E-state index contributed by atoms with van der Waals surface area (Å²) in [6, 6.07) is 20.8. The quantitative estimate of drug-likeness (QED) is 0.659. The van der Waals surface area contributed by atoms with Crippen LogP contribution in [0.25, 0.3) is 0 Å². The largest absolute Gasteiger partial charge is 0.337 e. The van der Waals surface area contributed by atoms with Gasteiger partial charge in [0.25, 0.3) is 0 Å². The van der Waals surface area contributed by atoms with Gasteiger partial charge >= 0.3 is 0 Å². The van der Waals surface area contributed by atoms with Crippen molar-refractivity contribution < 1.29 is 0 Å². The van der Waals surface area contributed by atoms with Crippen LogP contribution in [0.1, 0.15) is 12.5 Å². The SMILES string of the molecule is CCN1CCN(c2nncc(N(Cc3ccccc3)c3ccccc3)n2)CC1. The minimum atomic E-state index is 0.710. The predicted octanol–water partition coefficient (Wildman–Crippen LogP) is 3.35. The smallest absolute Gasteiger partial charge is 0.247 e. The fourth-order valence-corrected chi connectivity index (χ4v) is 3.49. The second-order valence-corrected chi connectivity index (χ2v) is 6.94. The van der Waals surface area contributed by atoms with Crippen LogP contribution >= 0.6 is 0 Å². The van der Waals surface area contributed by atoms with Gasteiger partial charge in [-0.05, 0) is 24.2 Å². The van der Waals surface area contributed by atoms with Gasteiger partial charge < -0.3 is 14.7 Å². The normalized spacial score (nSPS) is 14.8. The number of aromatic nitrogens is 3. The van der Waals surface area contributed by atoms with Crippen LogP contribution in [-0.2, 0) is 6.54 Å². The zero-order valence-corrected chi connectivity index (χ0v) is 16.3. The van der Waals surface area contributed by atoms with Gasteiger partial charge in [0.1, 0.15) is 0 Å². The number of nitrogens with zero attached hydrogens (tertiary/aromatic N) is 6. The van der Waals surface area contributed by atoms with E-state index in [2.05, 4.69) is 68.2 Å². The van der Waals surface area contributed by atoms with E-state index in [0.29, 0.717) is 5.95 Å². The van der Waals surface area contributed by atoms with Crippen molar-refractivity contribution in [2.45, 2.75) is 13.5 Å². The molecule has 3 aromatic rings. The molecule has 0 saturated carbocycles. The van der Waals surface area contributed by atoms with Crippen molar-refractivity contribution in [2.24, 2.45) is 0 Å². The predicted molar refractivity (Wildman–Crippen MR) is 113 cm³/mol. The van der Waals surface area contributed by atoms with Crippen molar-refractivity contribution in [2.75, 3.05) is 42.5 Å². The summed E-state index contributed by atoms with van der Waals surface area (Å²) >= 11 is 0. The van der Waals surface area contributed by atoms with Crippen molar-refractivity contribution in [3.8, 4) is 0 Å². The van der Waals surface area contributed by atoms with Gasteiger partial charge in [-0.25, -0.2) is 0 Å². The lowest BCUT2D eigenvalue weighted by Crippen LogP contribution is -2.46. The number of para-hydroxylation sites is 1. The maximum absolute atomic E-state index is 4.88. The molecule has 1 saturated heterocycles. The highest BCUT2D eigenvalue weighted by Gasteiger charge is 2.20. The fourth-order valence-electron chi connectivity index (χ4n) is 3.49. The van der Waals surface area contributed by atoms with Crippen molar-refractivity contribution in [1.82, 2.24) is 20.1 Å². The molecule has 1 aliphatic rings. The van der Waals surface area contributed by atoms with Gasteiger partial charge in [0.15, 0.2) is 5.82 Å². The Morgan fingerprint density at radius 2 is 1.57 bits per heavy atom. The Labute approximate surface area is 166 Å². The average molecular weight is 374 g/mol. The van der Waals surface area contributed by atoms with Crippen LogP contribution in [-0.4, -0.2) is 52.8 Å². The second-order valence-electron chi connectivity index (χ2n) is 6.94. The molecule has 6 nitrogen and oxygen atoms in total. The summed E-state index contributed by atoms with van der Waals surface area (Å²) in [6.07, 6.45) is 1.75. The Morgan fingerprint density at radius 1 is 0.893 bits per heavy atom. The molecule has 0 radical (unpaired) electrons. The number of rotatable bonds is 6. The molecule has 2 aromatic carbocycles.